The third-order valence-corrected chi connectivity index (χ3v) is 7.36. The van der Waals surface area contributed by atoms with Gasteiger partial charge in [0.2, 0.25) is 15.9 Å². The predicted molar refractivity (Wildman–Crippen MR) is 142 cm³/mol. The molecule has 0 aliphatic heterocycles. The summed E-state index contributed by atoms with van der Waals surface area (Å²) in [5.41, 5.74) is 5.56. The molecule has 13 nitrogen and oxygen atoms in total. The number of rotatable bonds is 14. The number of pyridine rings is 1. The van der Waals surface area contributed by atoms with Crippen LogP contribution < -0.4 is 16.4 Å². The van der Waals surface area contributed by atoms with Gasteiger partial charge in [0.1, 0.15) is 30.5 Å². The number of benzene rings is 1. The molecule has 0 amide bonds. The molecule has 0 aliphatic carbocycles. The highest BCUT2D eigenvalue weighted by Gasteiger charge is 2.25. The molecule has 208 valence electrons. The molecule has 1 aromatic carbocycles. The van der Waals surface area contributed by atoms with E-state index in [4.69, 9.17) is 9.47 Å². The van der Waals surface area contributed by atoms with Crippen molar-refractivity contribution in [3.8, 4) is 11.9 Å². The summed E-state index contributed by atoms with van der Waals surface area (Å²) in [6, 6.07) is 7.37. The molecule has 0 unspecified atom stereocenters. The number of aromatic hydroxyl groups is 1. The molecule has 2 aromatic rings. The van der Waals surface area contributed by atoms with Gasteiger partial charge in [0.15, 0.2) is 0 Å². The Kier molecular flexibility index (Phi) is 10.8. The van der Waals surface area contributed by atoms with E-state index in [9.17, 15) is 33.2 Å². The molecule has 2 rings (SSSR count). The van der Waals surface area contributed by atoms with Crippen molar-refractivity contribution in [3.05, 3.63) is 71.1 Å². The van der Waals surface area contributed by atoms with E-state index in [1.807, 2.05) is 6.07 Å². The Morgan fingerprint density at radius 3 is 2.10 bits per heavy atom. The molecular weight excluding hydrogens is 530 g/mol. The van der Waals surface area contributed by atoms with Gasteiger partial charge in [0, 0.05) is 37.3 Å². The summed E-state index contributed by atoms with van der Waals surface area (Å²) in [6.07, 6.45) is 1.89. The Morgan fingerprint density at radius 2 is 1.64 bits per heavy atom. The number of ether oxygens (including phenoxy) is 2. The van der Waals surface area contributed by atoms with Crippen LogP contribution in [-0.2, 0) is 35.6 Å². The lowest BCUT2D eigenvalue weighted by Crippen LogP contribution is -2.37. The maximum absolute atomic E-state index is 13.2. The fourth-order valence-corrected chi connectivity index (χ4v) is 4.76. The largest absolute Gasteiger partial charge is 0.493 e. The van der Waals surface area contributed by atoms with Gasteiger partial charge < -0.3 is 20.0 Å². The van der Waals surface area contributed by atoms with Gasteiger partial charge in [-0.25, -0.2) is 18.0 Å². The molecule has 39 heavy (non-hydrogen) atoms. The molecule has 0 bridgehead atoms. The van der Waals surface area contributed by atoms with Crippen molar-refractivity contribution in [2.45, 2.75) is 25.3 Å². The molecule has 0 aliphatic rings. The summed E-state index contributed by atoms with van der Waals surface area (Å²) < 4.78 is 38.3. The minimum absolute atomic E-state index is 0.0391. The molecular formula is C25H29N5O8S. The summed E-state index contributed by atoms with van der Waals surface area (Å²) in [5.74, 6) is -1.86. The molecule has 3 N–H and O–H groups in total. The summed E-state index contributed by atoms with van der Waals surface area (Å²) in [4.78, 5) is 35.3. The Hall–Kier alpha value is -4.61. The van der Waals surface area contributed by atoms with Gasteiger partial charge in [0.25, 0.3) is 5.56 Å². The summed E-state index contributed by atoms with van der Waals surface area (Å²) in [6.45, 7) is 8.92. The molecule has 0 saturated carbocycles. The van der Waals surface area contributed by atoms with E-state index in [1.165, 1.54) is 31.2 Å². The highest BCUT2D eigenvalue weighted by Crippen LogP contribution is 2.24. The van der Waals surface area contributed by atoms with Crippen molar-refractivity contribution >= 4 is 33.3 Å². The van der Waals surface area contributed by atoms with E-state index in [-0.39, 0.29) is 54.6 Å². The first kappa shape index (κ1) is 30.6. The molecule has 14 heteroatoms. The number of nitriles is 1. The van der Waals surface area contributed by atoms with E-state index < -0.39 is 33.4 Å². The van der Waals surface area contributed by atoms with Crippen LogP contribution in [0.1, 0.15) is 18.1 Å². The third kappa shape index (κ3) is 7.46. The van der Waals surface area contributed by atoms with E-state index in [1.54, 1.807) is 6.92 Å². The van der Waals surface area contributed by atoms with Crippen molar-refractivity contribution in [2.24, 2.45) is 0 Å². The SMILES string of the molecule is C=CC(=O)OCCN(CCOC(=O)C=C)S(=O)(=O)c1ccc(NNc2c(C)c(C#N)c(O)n(CC)c2=O)cc1. The predicted octanol–water partition coefficient (Wildman–Crippen LogP) is 1.64. The Bertz CT molecular complexity index is 1420. The number of anilines is 2. The van der Waals surface area contributed by atoms with Gasteiger partial charge in [-0.3, -0.25) is 14.8 Å². The fraction of sp³-hybridized carbons (Fsp3) is 0.280. The van der Waals surface area contributed by atoms with Gasteiger partial charge in [-0.05, 0) is 38.1 Å². The minimum atomic E-state index is -4.10. The van der Waals surface area contributed by atoms with Crippen molar-refractivity contribution in [2.75, 3.05) is 37.2 Å². The van der Waals surface area contributed by atoms with Gasteiger partial charge in [0.05, 0.1) is 10.6 Å². The highest BCUT2D eigenvalue weighted by molar-refractivity contribution is 7.89. The van der Waals surface area contributed by atoms with Crippen LogP contribution in [0.3, 0.4) is 0 Å². The minimum Gasteiger partial charge on any atom is -0.493 e. The summed E-state index contributed by atoms with van der Waals surface area (Å²) in [5, 5.41) is 19.5. The standard InChI is InChI=1S/C25H29N5O8S/c1-5-21(31)37-14-12-29(13-15-38-22(32)6-2)39(35,36)19-10-8-18(9-11-19)27-28-23-17(4)20(16-26)24(33)30(7-3)25(23)34/h5-6,8-11,27-28,33H,1-2,7,12-15H2,3-4H3. The summed E-state index contributed by atoms with van der Waals surface area (Å²) >= 11 is 0. The number of nitrogens with one attached hydrogen (secondary N) is 2. The monoisotopic (exact) mass is 559 g/mol. The maximum atomic E-state index is 13.2. The second-order valence-corrected chi connectivity index (χ2v) is 9.72. The molecule has 1 aromatic heterocycles. The second-order valence-electron chi connectivity index (χ2n) is 7.78. The first-order valence-corrected chi connectivity index (χ1v) is 13.0. The van der Waals surface area contributed by atoms with Crippen LogP contribution in [0, 0.1) is 18.3 Å². The van der Waals surface area contributed by atoms with Crippen molar-refractivity contribution in [1.29, 1.82) is 5.26 Å². The maximum Gasteiger partial charge on any atom is 0.330 e. The van der Waals surface area contributed by atoms with Crippen LogP contribution >= 0.6 is 0 Å². The second kappa shape index (κ2) is 13.8. The number of nitrogens with zero attached hydrogens (tertiary/aromatic N) is 3. The summed E-state index contributed by atoms with van der Waals surface area (Å²) in [7, 11) is -4.10. The van der Waals surface area contributed by atoms with Crippen LogP contribution in [-0.4, -0.2) is 60.6 Å². The third-order valence-electron chi connectivity index (χ3n) is 5.44. The zero-order valence-corrected chi connectivity index (χ0v) is 22.3. The number of carbonyl (C=O) groups is 2. The van der Waals surface area contributed by atoms with Gasteiger partial charge in [-0.1, -0.05) is 13.2 Å². The Morgan fingerprint density at radius 1 is 1.10 bits per heavy atom. The van der Waals surface area contributed by atoms with E-state index in [0.29, 0.717) is 5.69 Å². The number of hydrazine groups is 1. The zero-order chi connectivity index (χ0) is 29.2. The molecule has 0 atom stereocenters. The van der Waals surface area contributed by atoms with Gasteiger partial charge in [-0.2, -0.15) is 9.57 Å². The topological polar surface area (TPSA) is 180 Å². The van der Waals surface area contributed by atoms with E-state index in [2.05, 4.69) is 24.0 Å². The number of hydrogen-bond acceptors (Lipinski definition) is 11. The smallest absolute Gasteiger partial charge is 0.330 e. The Balaban J connectivity index is 2.24. The normalized spacial score (nSPS) is 10.8. The zero-order valence-electron chi connectivity index (χ0n) is 21.5. The van der Waals surface area contributed by atoms with Crippen molar-refractivity contribution in [3.63, 3.8) is 0 Å². The van der Waals surface area contributed by atoms with Crippen LogP contribution in [0.15, 0.2) is 59.3 Å². The fourth-order valence-electron chi connectivity index (χ4n) is 3.35. The van der Waals surface area contributed by atoms with Gasteiger partial charge in [-0.15, -0.1) is 0 Å². The number of esters is 2. The first-order chi connectivity index (χ1) is 18.5. The molecule has 0 saturated heterocycles. The number of hydrogen-bond donors (Lipinski definition) is 3. The lowest BCUT2D eigenvalue weighted by molar-refractivity contribution is -0.137. The number of carbonyl (C=O) groups excluding carboxylic acids is 2. The molecule has 0 fully saturated rings. The van der Waals surface area contributed by atoms with Crippen LogP contribution in [0.4, 0.5) is 11.4 Å². The van der Waals surface area contributed by atoms with Crippen LogP contribution in [0.5, 0.6) is 5.88 Å². The lowest BCUT2D eigenvalue weighted by atomic mass is 10.1. The van der Waals surface area contributed by atoms with Crippen molar-refractivity contribution in [1.82, 2.24) is 8.87 Å². The molecule has 1 heterocycles. The van der Waals surface area contributed by atoms with E-state index in [0.717, 1.165) is 21.0 Å². The molecule has 0 spiro atoms. The van der Waals surface area contributed by atoms with Crippen LogP contribution in [0.25, 0.3) is 0 Å². The van der Waals surface area contributed by atoms with Crippen LogP contribution in [0.2, 0.25) is 0 Å². The van der Waals surface area contributed by atoms with E-state index >= 15 is 0 Å². The average molecular weight is 560 g/mol. The van der Waals surface area contributed by atoms with Crippen molar-refractivity contribution < 1.29 is 32.6 Å². The molecule has 0 radical (unpaired) electrons. The number of sulfonamides is 1. The lowest BCUT2D eigenvalue weighted by Gasteiger charge is -2.22. The highest BCUT2D eigenvalue weighted by atomic mass is 32.2. The van der Waals surface area contributed by atoms with Gasteiger partial charge >= 0.3 is 11.9 Å². The average Bonchev–Trinajstić information content (AvgIpc) is 2.92. The first-order valence-electron chi connectivity index (χ1n) is 11.6. The number of aromatic nitrogens is 1. The Labute approximate surface area is 225 Å². The quantitative estimate of drug-likeness (QED) is 0.174.